The van der Waals surface area contributed by atoms with Gasteiger partial charge in [0.25, 0.3) is 0 Å². The van der Waals surface area contributed by atoms with Gasteiger partial charge in [0.2, 0.25) is 0 Å². The molecule has 4 heteroatoms. The molecule has 0 unspecified atom stereocenters. The van der Waals surface area contributed by atoms with Gasteiger partial charge < -0.3 is 5.32 Å². The van der Waals surface area contributed by atoms with Crippen LogP contribution in [-0.4, -0.2) is 9.97 Å². The fourth-order valence-corrected chi connectivity index (χ4v) is 4.35. The summed E-state index contributed by atoms with van der Waals surface area (Å²) in [6, 6.07) is 13.1. The van der Waals surface area contributed by atoms with Gasteiger partial charge in [-0.1, -0.05) is 24.3 Å². The normalized spacial score (nSPS) is 11.1. The largest absolute Gasteiger partial charge is 0.340 e. The second-order valence-electron chi connectivity index (χ2n) is 7.16. The Morgan fingerprint density at radius 2 is 1.48 bits per heavy atom. The SMILES string of the molecule is Cc1ccc(Nc2ncnc3sc(C)c(-c4ccc(C)c(C)c4)c23)cc1C. The van der Waals surface area contributed by atoms with Gasteiger partial charge in [0.05, 0.1) is 5.39 Å². The third-order valence-electron chi connectivity index (χ3n) is 5.23. The quantitative estimate of drug-likeness (QED) is 0.437. The van der Waals surface area contributed by atoms with Gasteiger partial charge in [-0.3, -0.25) is 0 Å². The van der Waals surface area contributed by atoms with E-state index in [0.29, 0.717) is 0 Å². The molecular weight excluding hydrogens is 350 g/mol. The van der Waals surface area contributed by atoms with Crippen molar-refractivity contribution in [1.82, 2.24) is 9.97 Å². The van der Waals surface area contributed by atoms with E-state index in [1.807, 2.05) is 0 Å². The molecule has 2 heterocycles. The number of hydrogen-bond donors (Lipinski definition) is 1. The second kappa shape index (κ2) is 6.78. The third-order valence-corrected chi connectivity index (χ3v) is 6.24. The number of anilines is 2. The molecule has 1 N–H and O–H groups in total. The first kappa shape index (κ1) is 17.7. The van der Waals surface area contributed by atoms with Gasteiger partial charge in [-0.15, -0.1) is 11.3 Å². The molecule has 0 aliphatic carbocycles. The number of benzene rings is 2. The molecule has 0 aliphatic heterocycles. The van der Waals surface area contributed by atoms with Crippen molar-refractivity contribution in [3.63, 3.8) is 0 Å². The second-order valence-corrected chi connectivity index (χ2v) is 8.36. The van der Waals surface area contributed by atoms with Crippen molar-refractivity contribution < 1.29 is 0 Å². The van der Waals surface area contributed by atoms with Crippen molar-refractivity contribution in [2.45, 2.75) is 34.6 Å². The molecule has 0 spiro atoms. The third kappa shape index (κ3) is 3.21. The van der Waals surface area contributed by atoms with Crippen molar-refractivity contribution in [3.05, 3.63) is 69.9 Å². The topological polar surface area (TPSA) is 37.8 Å². The minimum atomic E-state index is 0.862. The van der Waals surface area contributed by atoms with E-state index in [1.165, 1.54) is 38.3 Å². The maximum atomic E-state index is 4.58. The lowest BCUT2D eigenvalue weighted by molar-refractivity contribution is 1.23. The van der Waals surface area contributed by atoms with Crippen LogP contribution in [0.2, 0.25) is 0 Å². The lowest BCUT2D eigenvalue weighted by Crippen LogP contribution is -1.97. The van der Waals surface area contributed by atoms with E-state index in [-0.39, 0.29) is 0 Å². The first-order valence-electron chi connectivity index (χ1n) is 9.10. The number of nitrogens with one attached hydrogen (secondary N) is 1. The Morgan fingerprint density at radius 1 is 0.778 bits per heavy atom. The molecule has 27 heavy (non-hydrogen) atoms. The van der Waals surface area contributed by atoms with E-state index < -0.39 is 0 Å². The first-order valence-corrected chi connectivity index (χ1v) is 9.91. The zero-order chi connectivity index (χ0) is 19.1. The lowest BCUT2D eigenvalue weighted by atomic mass is 9.99. The van der Waals surface area contributed by atoms with Gasteiger partial charge in [0.1, 0.15) is 17.0 Å². The van der Waals surface area contributed by atoms with Crippen LogP contribution in [0.15, 0.2) is 42.7 Å². The Hall–Kier alpha value is -2.72. The van der Waals surface area contributed by atoms with Crippen LogP contribution in [0, 0.1) is 34.6 Å². The van der Waals surface area contributed by atoms with Crippen molar-refractivity contribution in [3.8, 4) is 11.1 Å². The minimum Gasteiger partial charge on any atom is -0.340 e. The summed E-state index contributed by atoms with van der Waals surface area (Å²) in [4.78, 5) is 11.4. The van der Waals surface area contributed by atoms with Gasteiger partial charge in [0, 0.05) is 16.1 Å². The molecule has 136 valence electrons. The first-order chi connectivity index (χ1) is 12.9. The molecular formula is C23H23N3S. The molecule has 0 aliphatic rings. The van der Waals surface area contributed by atoms with Crippen LogP contribution in [-0.2, 0) is 0 Å². The van der Waals surface area contributed by atoms with Crippen molar-refractivity contribution >= 4 is 33.1 Å². The number of aryl methyl sites for hydroxylation is 5. The van der Waals surface area contributed by atoms with E-state index in [2.05, 4.69) is 86.3 Å². The maximum Gasteiger partial charge on any atom is 0.143 e. The maximum absolute atomic E-state index is 4.58. The Morgan fingerprint density at radius 3 is 2.19 bits per heavy atom. The van der Waals surface area contributed by atoms with Crippen molar-refractivity contribution in [2.24, 2.45) is 0 Å². The van der Waals surface area contributed by atoms with E-state index in [9.17, 15) is 0 Å². The van der Waals surface area contributed by atoms with Gasteiger partial charge >= 0.3 is 0 Å². The van der Waals surface area contributed by atoms with Gasteiger partial charge in [0.15, 0.2) is 0 Å². The van der Waals surface area contributed by atoms with Crippen LogP contribution in [0.5, 0.6) is 0 Å². The highest BCUT2D eigenvalue weighted by atomic mass is 32.1. The number of rotatable bonds is 3. The molecule has 0 radical (unpaired) electrons. The Balaban J connectivity index is 1.89. The summed E-state index contributed by atoms with van der Waals surface area (Å²) >= 11 is 1.72. The van der Waals surface area contributed by atoms with Crippen LogP contribution in [0.1, 0.15) is 27.1 Å². The molecule has 0 saturated carbocycles. The fourth-order valence-electron chi connectivity index (χ4n) is 3.34. The molecule has 0 amide bonds. The summed E-state index contributed by atoms with van der Waals surface area (Å²) in [5.41, 5.74) is 8.65. The average Bonchev–Trinajstić information content (AvgIpc) is 2.97. The van der Waals surface area contributed by atoms with E-state index in [0.717, 1.165) is 21.7 Å². The van der Waals surface area contributed by atoms with Crippen molar-refractivity contribution in [1.29, 1.82) is 0 Å². The highest BCUT2D eigenvalue weighted by Gasteiger charge is 2.17. The predicted octanol–water partition coefficient (Wildman–Crippen LogP) is 6.64. The number of thiophene rings is 1. The zero-order valence-electron chi connectivity index (χ0n) is 16.3. The molecule has 2 aromatic carbocycles. The average molecular weight is 374 g/mol. The summed E-state index contributed by atoms with van der Waals surface area (Å²) in [5, 5.41) is 4.62. The van der Waals surface area contributed by atoms with E-state index in [4.69, 9.17) is 0 Å². The van der Waals surface area contributed by atoms with Crippen LogP contribution in [0.25, 0.3) is 21.3 Å². The smallest absolute Gasteiger partial charge is 0.143 e. The summed E-state index contributed by atoms with van der Waals surface area (Å²) in [6.07, 6.45) is 1.64. The molecule has 2 aromatic heterocycles. The number of aromatic nitrogens is 2. The molecule has 0 bridgehead atoms. The fraction of sp³-hybridized carbons (Fsp3) is 0.217. The molecule has 4 aromatic rings. The van der Waals surface area contributed by atoms with Gasteiger partial charge in [-0.05, 0) is 74.6 Å². The Kier molecular flexibility index (Phi) is 4.44. The number of nitrogens with zero attached hydrogens (tertiary/aromatic N) is 2. The van der Waals surface area contributed by atoms with Crippen LogP contribution in [0.4, 0.5) is 11.5 Å². The predicted molar refractivity (Wildman–Crippen MR) is 116 cm³/mol. The summed E-state index contributed by atoms with van der Waals surface area (Å²) in [6.45, 7) is 10.7. The van der Waals surface area contributed by atoms with Gasteiger partial charge in [-0.2, -0.15) is 0 Å². The molecule has 4 rings (SSSR count). The highest BCUT2D eigenvalue weighted by molar-refractivity contribution is 7.19. The van der Waals surface area contributed by atoms with Crippen molar-refractivity contribution in [2.75, 3.05) is 5.32 Å². The van der Waals surface area contributed by atoms with Crippen LogP contribution >= 0.6 is 11.3 Å². The highest BCUT2D eigenvalue weighted by Crippen LogP contribution is 2.41. The van der Waals surface area contributed by atoms with E-state index in [1.54, 1.807) is 17.7 Å². The molecule has 0 atom stereocenters. The number of hydrogen-bond acceptors (Lipinski definition) is 4. The Bertz CT molecular complexity index is 1160. The van der Waals surface area contributed by atoms with Gasteiger partial charge in [-0.25, -0.2) is 9.97 Å². The summed E-state index contributed by atoms with van der Waals surface area (Å²) in [5.74, 6) is 0.862. The number of fused-ring (bicyclic) bond motifs is 1. The molecule has 3 nitrogen and oxygen atoms in total. The zero-order valence-corrected chi connectivity index (χ0v) is 17.2. The van der Waals surface area contributed by atoms with Crippen LogP contribution < -0.4 is 5.32 Å². The molecule has 0 saturated heterocycles. The molecule has 0 fully saturated rings. The van der Waals surface area contributed by atoms with E-state index >= 15 is 0 Å². The minimum absolute atomic E-state index is 0.862. The summed E-state index contributed by atoms with van der Waals surface area (Å²) < 4.78 is 0. The summed E-state index contributed by atoms with van der Waals surface area (Å²) in [7, 11) is 0. The standard InChI is InChI=1S/C23H23N3S/c1-13-6-8-18(10-15(13)3)20-17(5)27-23-21(20)22(24-12-25-23)26-19-9-7-14(2)16(4)11-19/h6-12H,1-5H3,(H,24,25,26). The van der Waals surface area contributed by atoms with Crippen LogP contribution in [0.3, 0.4) is 0 Å². The monoisotopic (exact) mass is 373 g/mol. The Labute approximate surface area is 164 Å². The lowest BCUT2D eigenvalue weighted by Gasteiger charge is -2.11.